The second kappa shape index (κ2) is 5.05. The van der Waals surface area contributed by atoms with E-state index in [1.165, 1.54) is 25.7 Å². The SMILES string of the molecule is C[C@H](NC1CCS(=O)(=O)CC1)C1CCCC1. The van der Waals surface area contributed by atoms with E-state index in [-0.39, 0.29) is 0 Å². The summed E-state index contributed by atoms with van der Waals surface area (Å²) >= 11 is 0. The highest BCUT2D eigenvalue weighted by molar-refractivity contribution is 7.91. The summed E-state index contributed by atoms with van der Waals surface area (Å²) in [5.41, 5.74) is 0. The first-order valence-corrected chi connectivity index (χ1v) is 8.35. The van der Waals surface area contributed by atoms with Crippen LogP contribution in [0.5, 0.6) is 0 Å². The van der Waals surface area contributed by atoms with E-state index < -0.39 is 9.84 Å². The normalized spacial score (nSPS) is 29.3. The largest absolute Gasteiger partial charge is 0.311 e. The average Bonchev–Trinajstić information content (AvgIpc) is 2.74. The summed E-state index contributed by atoms with van der Waals surface area (Å²) in [7, 11) is -2.71. The maximum Gasteiger partial charge on any atom is 0.150 e. The molecule has 1 heterocycles. The summed E-state index contributed by atoms with van der Waals surface area (Å²) in [4.78, 5) is 0. The third kappa shape index (κ3) is 3.20. The van der Waals surface area contributed by atoms with E-state index in [0.29, 0.717) is 23.6 Å². The molecular formula is C12H23NO2S. The molecule has 2 fully saturated rings. The van der Waals surface area contributed by atoms with Crippen molar-refractivity contribution in [1.29, 1.82) is 0 Å². The summed E-state index contributed by atoms with van der Waals surface area (Å²) < 4.78 is 22.6. The minimum atomic E-state index is -2.71. The van der Waals surface area contributed by atoms with Gasteiger partial charge in [-0.2, -0.15) is 0 Å². The van der Waals surface area contributed by atoms with Gasteiger partial charge in [-0.05, 0) is 38.5 Å². The lowest BCUT2D eigenvalue weighted by molar-refractivity contribution is 0.327. The van der Waals surface area contributed by atoms with Gasteiger partial charge in [-0.1, -0.05) is 12.8 Å². The third-order valence-electron chi connectivity index (χ3n) is 4.16. The van der Waals surface area contributed by atoms with Crippen molar-refractivity contribution in [3.05, 3.63) is 0 Å². The van der Waals surface area contributed by atoms with Crippen molar-refractivity contribution in [2.24, 2.45) is 5.92 Å². The Balaban J connectivity index is 1.77. The summed E-state index contributed by atoms with van der Waals surface area (Å²) in [6.45, 7) is 2.26. The summed E-state index contributed by atoms with van der Waals surface area (Å²) in [5.74, 6) is 1.57. The van der Waals surface area contributed by atoms with E-state index in [4.69, 9.17) is 0 Å². The van der Waals surface area contributed by atoms with Crippen molar-refractivity contribution in [2.75, 3.05) is 11.5 Å². The van der Waals surface area contributed by atoms with Crippen LogP contribution in [0.4, 0.5) is 0 Å². The molecule has 1 aliphatic carbocycles. The van der Waals surface area contributed by atoms with Crippen LogP contribution >= 0.6 is 0 Å². The fraction of sp³-hybridized carbons (Fsp3) is 1.00. The first kappa shape index (κ1) is 12.4. The molecule has 2 aliphatic rings. The molecule has 0 bridgehead atoms. The molecule has 4 heteroatoms. The minimum Gasteiger partial charge on any atom is -0.311 e. The fourth-order valence-corrected chi connectivity index (χ4v) is 4.51. The molecule has 0 amide bonds. The van der Waals surface area contributed by atoms with Gasteiger partial charge in [0.1, 0.15) is 9.84 Å². The van der Waals surface area contributed by atoms with Crippen molar-refractivity contribution in [2.45, 2.75) is 57.5 Å². The molecule has 3 nitrogen and oxygen atoms in total. The van der Waals surface area contributed by atoms with Gasteiger partial charge in [0.2, 0.25) is 0 Å². The van der Waals surface area contributed by atoms with Crippen molar-refractivity contribution >= 4 is 9.84 Å². The van der Waals surface area contributed by atoms with E-state index >= 15 is 0 Å². The number of hydrogen-bond acceptors (Lipinski definition) is 3. The molecule has 1 atom stereocenters. The van der Waals surface area contributed by atoms with Gasteiger partial charge in [0.15, 0.2) is 0 Å². The molecule has 0 aromatic rings. The van der Waals surface area contributed by atoms with Gasteiger partial charge in [0, 0.05) is 12.1 Å². The van der Waals surface area contributed by atoms with E-state index in [0.717, 1.165) is 18.8 Å². The number of hydrogen-bond donors (Lipinski definition) is 1. The second-order valence-corrected chi connectivity index (χ2v) is 7.73. The molecule has 1 saturated heterocycles. The van der Waals surface area contributed by atoms with Gasteiger partial charge in [0.25, 0.3) is 0 Å². The zero-order valence-corrected chi connectivity index (χ0v) is 10.9. The van der Waals surface area contributed by atoms with E-state index in [9.17, 15) is 8.42 Å². The van der Waals surface area contributed by atoms with Crippen LogP contribution in [-0.4, -0.2) is 32.0 Å². The van der Waals surface area contributed by atoms with Crippen LogP contribution < -0.4 is 5.32 Å². The maximum absolute atomic E-state index is 11.3. The summed E-state index contributed by atoms with van der Waals surface area (Å²) in [5, 5.41) is 3.63. The molecule has 0 aromatic heterocycles. The highest BCUT2D eigenvalue weighted by Gasteiger charge is 2.27. The van der Waals surface area contributed by atoms with E-state index in [1.807, 2.05) is 0 Å². The Morgan fingerprint density at radius 2 is 1.62 bits per heavy atom. The smallest absolute Gasteiger partial charge is 0.150 e. The lowest BCUT2D eigenvalue weighted by Gasteiger charge is -2.29. The lowest BCUT2D eigenvalue weighted by atomic mass is 9.98. The Hall–Kier alpha value is -0.0900. The number of nitrogens with one attached hydrogen (secondary N) is 1. The Labute approximate surface area is 98.9 Å². The molecule has 94 valence electrons. The van der Waals surface area contributed by atoms with Crippen LogP contribution in [0, 0.1) is 5.92 Å². The summed E-state index contributed by atoms with van der Waals surface area (Å²) in [6.07, 6.45) is 7.04. The first-order valence-electron chi connectivity index (χ1n) is 6.53. The standard InChI is InChI=1S/C12H23NO2S/c1-10(11-4-2-3-5-11)13-12-6-8-16(14,15)9-7-12/h10-13H,2-9H2,1H3/t10-/m0/s1. The maximum atomic E-state index is 11.3. The number of rotatable bonds is 3. The Morgan fingerprint density at radius 1 is 1.06 bits per heavy atom. The van der Waals surface area contributed by atoms with Crippen molar-refractivity contribution in [1.82, 2.24) is 5.32 Å². The van der Waals surface area contributed by atoms with Crippen LogP contribution in [0.25, 0.3) is 0 Å². The predicted molar refractivity (Wildman–Crippen MR) is 66.2 cm³/mol. The Kier molecular flexibility index (Phi) is 3.90. The Morgan fingerprint density at radius 3 is 2.19 bits per heavy atom. The molecule has 1 N–H and O–H groups in total. The van der Waals surface area contributed by atoms with Gasteiger partial charge in [0.05, 0.1) is 11.5 Å². The topological polar surface area (TPSA) is 46.2 Å². The molecule has 0 radical (unpaired) electrons. The Bertz CT molecular complexity index is 306. The molecule has 16 heavy (non-hydrogen) atoms. The monoisotopic (exact) mass is 245 g/mol. The van der Waals surface area contributed by atoms with Gasteiger partial charge in [-0.3, -0.25) is 0 Å². The molecule has 2 rings (SSSR count). The van der Waals surface area contributed by atoms with Crippen LogP contribution in [0.1, 0.15) is 45.4 Å². The average molecular weight is 245 g/mol. The van der Waals surface area contributed by atoms with Crippen LogP contribution in [-0.2, 0) is 9.84 Å². The van der Waals surface area contributed by atoms with Crippen molar-refractivity contribution in [3.8, 4) is 0 Å². The molecule has 1 saturated carbocycles. The van der Waals surface area contributed by atoms with E-state index in [1.54, 1.807) is 0 Å². The summed E-state index contributed by atoms with van der Waals surface area (Å²) in [6, 6.07) is 0.993. The first-order chi connectivity index (χ1) is 7.57. The third-order valence-corrected chi connectivity index (χ3v) is 5.88. The highest BCUT2D eigenvalue weighted by Crippen LogP contribution is 2.28. The van der Waals surface area contributed by atoms with Crippen LogP contribution in [0.15, 0.2) is 0 Å². The van der Waals surface area contributed by atoms with Crippen LogP contribution in [0.2, 0.25) is 0 Å². The molecule has 0 aromatic carbocycles. The van der Waals surface area contributed by atoms with Crippen molar-refractivity contribution < 1.29 is 8.42 Å². The zero-order chi connectivity index (χ0) is 11.6. The van der Waals surface area contributed by atoms with Crippen LogP contribution in [0.3, 0.4) is 0 Å². The zero-order valence-electron chi connectivity index (χ0n) is 10.1. The quantitative estimate of drug-likeness (QED) is 0.823. The highest BCUT2D eigenvalue weighted by atomic mass is 32.2. The van der Waals surface area contributed by atoms with Crippen molar-refractivity contribution in [3.63, 3.8) is 0 Å². The van der Waals surface area contributed by atoms with Gasteiger partial charge in [-0.25, -0.2) is 8.42 Å². The fourth-order valence-electron chi connectivity index (χ4n) is 3.02. The molecule has 0 spiro atoms. The minimum absolute atomic E-state index is 0.377. The second-order valence-electron chi connectivity index (χ2n) is 5.43. The van der Waals surface area contributed by atoms with Gasteiger partial charge in [-0.15, -0.1) is 0 Å². The molecule has 0 unspecified atom stereocenters. The lowest BCUT2D eigenvalue weighted by Crippen LogP contribution is -2.44. The van der Waals surface area contributed by atoms with Gasteiger partial charge < -0.3 is 5.32 Å². The number of sulfone groups is 1. The predicted octanol–water partition coefficient (Wildman–Crippen LogP) is 1.73. The molecule has 1 aliphatic heterocycles. The van der Waals surface area contributed by atoms with Gasteiger partial charge >= 0.3 is 0 Å². The van der Waals surface area contributed by atoms with E-state index in [2.05, 4.69) is 12.2 Å². The molecular weight excluding hydrogens is 222 g/mol.